The number of carbonyl (C=O) groups is 3. The van der Waals surface area contributed by atoms with Crippen LogP contribution in [-0.4, -0.2) is 47.8 Å². The summed E-state index contributed by atoms with van der Waals surface area (Å²) in [5.41, 5.74) is 0. The lowest BCUT2D eigenvalue weighted by molar-refractivity contribution is -0.138. The minimum absolute atomic E-state index is 0.0586. The summed E-state index contributed by atoms with van der Waals surface area (Å²) >= 11 is 0. The molecule has 2 rings (SSSR count). The zero-order valence-electron chi connectivity index (χ0n) is 10.6. The molecular weight excluding hydrogens is 234 g/mol. The second kappa shape index (κ2) is 5.48. The van der Waals surface area contributed by atoms with Gasteiger partial charge in [-0.05, 0) is 12.8 Å². The summed E-state index contributed by atoms with van der Waals surface area (Å²) < 4.78 is 0. The zero-order chi connectivity index (χ0) is 13.1. The molecule has 0 aromatic carbocycles. The van der Waals surface area contributed by atoms with E-state index in [0.717, 1.165) is 12.8 Å². The maximum Gasteiger partial charge on any atom is 0.246 e. The molecule has 0 aromatic heterocycles. The van der Waals surface area contributed by atoms with Crippen molar-refractivity contribution < 1.29 is 14.4 Å². The second-order valence-electron chi connectivity index (χ2n) is 4.85. The molecule has 2 heterocycles. The number of imide groups is 1. The summed E-state index contributed by atoms with van der Waals surface area (Å²) in [5.74, 6) is -0.177. The molecule has 2 N–H and O–H groups in total. The number of carbonyl (C=O) groups excluding carboxylic acids is 3. The number of nitrogens with zero attached hydrogens (tertiary/aromatic N) is 1. The van der Waals surface area contributed by atoms with Gasteiger partial charge < -0.3 is 10.6 Å². The first-order valence-electron chi connectivity index (χ1n) is 6.48. The van der Waals surface area contributed by atoms with Gasteiger partial charge in [-0.15, -0.1) is 0 Å². The summed E-state index contributed by atoms with van der Waals surface area (Å²) in [6.07, 6.45) is 2.35. The molecule has 2 saturated heterocycles. The first-order valence-corrected chi connectivity index (χ1v) is 6.48. The van der Waals surface area contributed by atoms with E-state index in [0.29, 0.717) is 19.5 Å². The Balaban J connectivity index is 1.82. The molecule has 0 radical (unpaired) electrons. The normalized spacial score (nSPS) is 28.1. The molecular formula is C12H19N3O3. The SMILES string of the molecule is CCCN1C(=O)CC(NCC2CCC(=O)N2)C1=O. The summed E-state index contributed by atoms with van der Waals surface area (Å²) in [5, 5.41) is 5.91. The standard InChI is InChI=1S/C12H19N3O3/c1-2-5-15-11(17)6-9(12(15)18)13-7-8-3-4-10(16)14-8/h8-9,13H,2-7H2,1H3,(H,14,16). The third-order valence-corrected chi connectivity index (χ3v) is 3.39. The third kappa shape index (κ3) is 2.69. The molecule has 6 heteroatoms. The Labute approximate surface area is 106 Å². The molecule has 100 valence electrons. The quantitative estimate of drug-likeness (QED) is 0.641. The van der Waals surface area contributed by atoms with Gasteiger partial charge in [0.25, 0.3) is 0 Å². The summed E-state index contributed by atoms with van der Waals surface area (Å²) in [6, 6.07) is -0.331. The lowest BCUT2D eigenvalue weighted by Gasteiger charge is -2.16. The van der Waals surface area contributed by atoms with Crippen molar-refractivity contribution in [1.29, 1.82) is 0 Å². The fourth-order valence-electron chi connectivity index (χ4n) is 2.42. The van der Waals surface area contributed by atoms with Crippen LogP contribution < -0.4 is 10.6 Å². The van der Waals surface area contributed by atoms with Gasteiger partial charge in [0.05, 0.1) is 12.5 Å². The number of hydrogen-bond donors (Lipinski definition) is 2. The highest BCUT2D eigenvalue weighted by Gasteiger charge is 2.38. The average molecular weight is 253 g/mol. The zero-order valence-corrected chi connectivity index (χ0v) is 10.6. The van der Waals surface area contributed by atoms with Crippen LogP contribution in [0.2, 0.25) is 0 Å². The van der Waals surface area contributed by atoms with Crippen LogP contribution in [0.15, 0.2) is 0 Å². The van der Waals surface area contributed by atoms with E-state index in [-0.39, 0.29) is 30.2 Å². The van der Waals surface area contributed by atoms with Gasteiger partial charge >= 0.3 is 0 Å². The number of hydrogen-bond acceptors (Lipinski definition) is 4. The molecule has 0 aromatic rings. The highest BCUT2D eigenvalue weighted by atomic mass is 16.2. The maximum absolute atomic E-state index is 11.9. The minimum Gasteiger partial charge on any atom is -0.352 e. The van der Waals surface area contributed by atoms with Gasteiger partial charge in [0, 0.05) is 25.6 Å². The summed E-state index contributed by atoms with van der Waals surface area (Å²) in [7, 11) is 0. The molecule has 0 spiro atoms. The Hall–Kier alpha value is -1.43. The van der Waals surface area contributed by atoms with Crippen molar-refractivity contribution in [2.75, 3.05) is 13.1 Å². The van der Waals surface area contributed by atoms with E-state index in [1.165, 1.54) is 4.90 Å². The second-order valence-corrected chi connectivity index (χ2v) is 4.85. The van der Waals surface area contributed by atoms with E-state index in [1.54, 1.807) is 0 Å². The van der Waals surface area contributed by atoms with Gasteiger partial charge in [-0.1, -0.05) is 6.92 Å². The fourth-order valence-corrected chi connectivity index (χ4v) is 2.42. The van der Waals surface area contributed by atoms with E-state index in [4.69, 9.17) is 0 Å². The van der Waals surface area contributed by atoms with Crippen LogP contribution in [0.25, 0.3) is 0 Å². The molecule has 0 aliphatic carbocycles. The Kier molecular flexibility index (Phi) is 3.96. The number of likely N-dealkylation sites (tertiary alicyclic amines) is 1. The van der Waals surface area contributed by atoms with Crippen LogP contribution in [0, 0.1) is 0 Å². The van der Waals surface area contributed by atoms with Crippen LogP contribution in [0.3, 0.4) is 0 Å². The Bertz CT molecular complexity index is 370. The van der Waals surface area contributed by atoms with Gasteiger partial charge in [0.2, 0.25) is 17.7 Å². The third-order valence-electron chi connectivity index (χ3n) is 3.39. The number of rotatable bonds is 5. The van der Waals surface area contributed by atoms with Crippen molar-refractivity contribution in [3.63, 3.8) is 0 Å². The van der Waals surface area contributed by atoms with Crippen molar-refractivity contribution >= 4 is 17.7 Å². The minimum atomic E-state index is -0.415. The van der Waals surface area contributed by atoms with Crippen molar-refractivity contribution in [1.82, 2.24) is 15.5 Å². The van der Waals surface area contributed by atoms with E-state index < -0.39 is 6.04 Å². The monoisotopic (exact) mass is 253 g/mol. The van der Waals surface area contributed by atoms with Gasteiger partial charge in [-0.2, -0.15) is 0 Å². The van der Waals surface area contributed by atoms with Crippen LogP contribution in [0.5, 0.6) is 0 Å². The maximum atomic E-state index is 11.9. The smallest absolute Gasteiger partial charge is 0.246 e. The molecule has 18 heavy (non-hydrogen) atoms. The van der Waals surface area contributed by atoms with Crippen molar-refractivity contribution in [3.05, 3.63) is 0 Å². The molecule has 2 aliphatic heterocycles. The predicted molar refractivity (Wildman–Crippen MR) is 64.6 cm³/mol. The van der Waals surface area contributed by atoms with Crippen molar-refractivity contribution in [2.24, 2.45) is 0 Å². The van der Waals surface area contributed by atoms with Crippen LogP contribution in [0.4, 0.5) is 0 Å². The summed E-state index contributed by atoms with van der Waals surface area (Å²) in [6.45, 7) is 2.99. The predicted octanol–water partition coefficient (Wildman–Crippen LogP) is -0.608. The molecule has 0 bridgehead atoms. The largest absolute Gasteiger partial charge is 0.352 e. The lowest BCUT2D eigenvalue weighted by atomic mass is 10.2. The molecule has 2 fully saturated rings. The van der Waals surface area contributed by atoms with Crippen molar-refractivity contribution in [3.8, 4) is 0 Å². The molecule has 2 aliphatic rings. The van der Waals surface area contributed by atoms with Crippen LogP contribution in [0.1, 0.15) is 32.6 Å². The van der Waals surface area contributed by atoms with E-state index in [2.05, 4.69) is 10.6 Å². The molecule has 2 atom stereocenters. The summed E-state index contributed by atoms with van der Waals surface area (Å²) in [4.78, 5) is 35.9. The molecule has 6 nitrogen and oxygen atoms in total. The Morgan fingerprint density at radius 1 is 1.39 bits per heavy atom. The van der Waals surface area contributed by atoms with Gasteiger partial charge in [-0.3, -0.25) is 19.3 Å². The van der Waals surface area contributed by atoms with Crippen LogP contribution in [-0.2, 0) is 14.4 Å². The van der Waals surface area contributed by atoms with E-state index in [1.807, 2.05) is 6.92 Å². The van der Waals surface area contributed by atoms with E-state index in [9.17, 15) is 14.4 Å². The first-order chi connectivity index (χ1) is 8.61. The lowest BCUT2D eigenvalue weighted by Crippen LogP contribution is -2.44. The number of amides is 3. The molecule has 2 unspecified atom stereocenters. The molecule has 0 saturated carbocycles. The Morgan fingerprint density at radius 3 is 2.78 bits per heavy atom. The van der Waals surface area contributed by atoms with Crippen molar-refractivity contribution in [2.45, 2.75) is 44.7 Å². The molecule has 3 amide bonds. The van der Waals surface area contributed by atoms with Crippen LogP contribution >= 0.6 is 0 Å². The van der Waals surface area contributed by atoms with E-state index >= 15 is 0 Å². The fraction of sp³-hybridized carbons (Fsp3) is 0.750. The Morgan fingerprint density at radius 2 is 2.17 bits per heavy atom. The highest BCUT2D eigenvalue weighted by molar-refractivity contribution is 6.05. The van der Waals surface area contributed by atoms with Gasteiger partial charge in [0.15, 0.2) is 0 Å². The van der Waals surface area contributed by atoms with Gasteiger partial charge in [0.1, 0.15) is 0 Å². The average Bonchev–Trinajstić information content (AvgIpc) is 2.86. The topological polar surface area (TPSA) is 78.5 Å². The highest BCUT2D eigenvalue weighted by Crippen LogP contribution is 2.14. The number of nitrogens with one attached hydrogen (secondary N) is 2. The van der Waals surface area contributed by atoms with Gasteiger partial charge in [-0.25, -0.2) is 0 Å². The first kappa shape index (κ1) is 13.0.